The number of aliphatic hydroxyl groups is 1. The predicted molar refractivity (Wildman–Crippen MR) is 101 cm³/mol. The van der Waals surface area contributed by atoms with E-state index in [4.69, 9.17) is 9.15 Å². The van der Waals surface area contributed by atoms with E-state index in [2.05, 4.69) is 0 Å². The summed E-state index contributed by atoms with van der Waals surface area (Å²) in [5, 5.41) is 11.4. The molecule has 1 amide bonds. The molecular formula is C22H23NO6. The van der Waals surface area contributed by atoms with Crippen molar-refractivity contribution in [2.75, 3.05) is 7.11 Å². The van der Waals surface area contributed by atoms with E-state index >= 15 is 0 Å². The highest BCUT2D eigenvalue weighted by Gasteiger charge is 2.66. The lowest BCUT2D eigenvalue weighted by Crippen LogP contribution is -2.67. The maximum Gasteiger partial charge on any atom is 0.359 e. The minimum absolute atomic E-state index is 0.123. The Morgan fingerprint density at radius 1 is 1.24 bits per heavy atom. The summed E-state index contributed by atoms with van der Waals surface area (Å²) in [6.07, 6.45) is 2.61. The predicted octanol–water partition coefficient (Wildman–Crippen LogP) is 2.40. The van der Waals surface area contributed by atoms with E-state index in [0.717, 1.165) is 10.5 Å². The van der Waals surface area contributed by atoms with Crippen molar-refractivity contribution in [2.45, 2.75) is 43.9 Å². The normalized spacial score (nSPS) is 29.4. The smallest absolute Gasteiger partial charge is 0.359 e. The highest BCUT2D eigenvalue weighted by molar-refractivity contribution is 6.10. The van der Waals surface area contributed by atoms with E-state index in [1.54, 1.807) is 12.1 Å². The van der Waals surface area contributed by atoms with E-state index in [0.29, 0.717) is 25.0 Å². The van der Waals surface area contributed by atoms with Gasteiger partial charge in [-0.2, -0.15) is 0 Å². The quantitative estimate of drug-likeness (QED) is 0.629. The molecule has 29 heavy (non-hydrogen) atoms. The third-order valence-electron chi connectivity index (χ3n) is 6.24. The van der Waals surface area contributed by atoms with Crippen LogP contribution in [0.15, 0.2) is 53.1 Å². The molecule has 7 nitrogen and oxygen atoms in total. The van der Waals surface area contributed by atoms with Crippen LogP contribution in [0.5, 0.6) is 0 Å². The number of furan rings is 1. The number of hydrogen-bond donors (Lipinski definition) is 1. The number of hydrogen-bond acceptors (Lipinski definition) is 6. The van der Waals surface area contributed by atoms with E-state index in [1.165, 1.54) is 13.4 Å². The van der Waals surface area contributed by atoms with E-state index in [1.807, 2.05) is 30.3 Å². The van der Waals surface area contributed by atoms with Gasteiger partial charge in [-0.05, 0) is 30.5 Å². The molecule has 7 heteroatoms. The van der Waals surface area contributed by atoms with Gasteiger partial charge in [0.05, 0.1) is 19.9 Å². The minimum atomic E-state index is -2.20. The topological polar surface area (TPSA) is 97.0 Å². The standard InChI is InChI=1S/C22H23NO6/c1-28-20(26)22(27)13-17(15-7-3-2-4-8-15)21(11-5-10-18(21)24)19(25)23(22)14-16-9-6-12-29-16/h2-4,6-9,12,17,27H,5,10-11,13-14H2,1H3. The molecule has 1 aliphatic carbocycles. The number of rotatable bonds is 4. The molecule has 1 aromatic heterocycles. The molecular weight excluding hydrogens is 374 g/mol. The van der Waals surface area contributed by atoms with Crippen molar-refractivity contribution in [3.8, 4) is 0 Å². The lowest BCUT2D eigenvalue weighted by atomic mass is 9.63. The van der Waals surface area contributed by atoms with Gasteiger partial charge >= 0.3 is 5.97 Å². The fraction of sp³-hybridized carbons (Fsp3) is 0.409. The van der Waals surface area contributed by atoms with Crippen LogP contribution in [0.4, 0.5) is 0 Å². The van der Waals surface area contributed by atoms with Crippen LogP contribution in [0.2, 0.25) is 0 Å². The van der Waals surface area contributed by atoms with E-state index < -0.39 is 28.9 Å². The molecule has 3 atom stereocenters. The average Bonchev–Trinajstić information content (AvgIpc) is 3.39. The van der Waals surface area contributed by atoms with Gasteiger partial charge in [-0.3, -0.25) is 14.5 Å². The molecule has 1 spiro atoms. The number of carbonyl (C=O) groups excluding carboxylic acids is 3. The Kier molecular flexibility index (Phi) is 4.78. The number of carbonyl (C=O) groups is 3. The first kappa shape index (κ1) is 19.4. The summed E-state index contributed by atoms with van der Waals surface area (Å²) >= 11 is 0. The molecule has 1 aromatic carbocycles. The second kappa shape index (κ2) is 7.15. The lowest BCUT2D eigenvalue weighted by Gasteiger charge is -2.51. The zero-order valence-electron chi connectivity index (χ0n) is 16.2. The lowest BCUT2D eigenvalue weighted by molar-refractivity contribution is -0.212. The highest BCUT2D eigenvalue weighted by atomic mass is 16.5. The fourth-order valence-corrected chi connectivity index (χ4v) is 4.82. The molecule has 1 N–H and O–H groups in total. The van der Waals surface area contributed by atoms with Gasteiger partial charge in [0.25, 0.3) is 0 Å². The fourth-order valence-electron chi connectivity index (χ4n) is 4.82. The number of nitrogens with zero attached hydrogens (tertiary/aromatic N) is 1. The molecule has 0 radical (unpaired) electrons. The molecule has 4 rings (SSSR count). The van der Waals surface area contributed by atoms with Gasteiger partial charge in [0.1, 0.15) is 17.0 Å². The maximum absolute atomic E-state index is 13.8. The van der Waals surface area contributed by atoms with Gasteiger partial charge in [-0.15, -0.1) is 0 Å². The number of Topliss-reactive ketones (excluding diaryl/α,β-unsaturated/α-hetero) is 1. The summed E-state index contributed by atoms with van der Waals surface area (Å²) in [7, 11) is 1.17. The molecule has 2 heterocycles. The van der Waals surface area contributed by atoms with Crippen LogP contribution in [0.25, 0.3) is 0 Å². The molecule has 1 aliphatic heterocycles. The monoisotopic (exact) mass is 397 g/mol. The zero-order valence-corrected chi connectivity index (χ0v) is 16.2. The van der Waals surface area contributed by atoms with Gasteiger partial charge < -0.3 is 14.3 Å². The van der Waals surface area contributed by atoms with Gasteiger partial charge in [0.15, 0.2) is 0 Å². The zero-order chi connectivity index (χ0) is 20.6. The van der Waals surface area contributed by atoms with Crippen molar-refractivity contribution >= 4 is 17.7 Å². The van der Waals surface area contributed by atoms with Crippen molar-refractivity contribution in [1.82, 2.24) is 4.90 Å². The third kappa shape index (κ3) is 2.88. The summed E-state index contributed by atoms with van der Waals surface area (Å²) in [6.45, 7) is -0.131. The molecule has 0 bridgehead atoms. The minimum Gasteiger partial charge on any atom is -0.467 e. The number of methoxy groups -OCH3 is 1. The molecule has 1 saturated heterocycles. The Morgan fingerprint density at radius 2 is 2.00 bits per heavy atom. The number of piperidine rings is 1. The van der Waals surface area contributed by atoms with Gasteiger partial charge in [0.2, 0.25) is 11.6 Å². The number of likely N-dealkylation sites (tertiary alicyclic amines) is 1. The van der Waals surface area contributed by atoms with Gasteiger partial charge in [-0.1, -0.05) is 30.3 Å². The van der Waals surface area contributed by atoms with Gasteiger partial charge in [0, 0.05) is 18.8 Å². The first-order valence-electron chi connectivity index (χ1n) is 9.67. The van der Waals surface area contributed by atoms with Crippen molar-refractivity contribution < 1.29 is 28.6 Å². The number of benzene rings is 1. The Hall–Kier alpha value is -2.93. The molecule has 152 valence electrons. The SMILES string of the molecule is COC(=O)C1(O)CC(c2ccccc2)C2(CCCC2=O)C(=O)N1Cc1ccco1. The van der Waals surface area contributed by atoms with Crippen LogP contribution in [0, 0.1) is 5.41 Å². The van der Waals surface area contributed by atoms with Gasteiger partial charge in [-0.25, -0.2) is 4.79 Å². The number of ether oxygens (including phenoxy) is 1. The van der Waals surface area contributed by atoms with Crippen LogP contribution in [0.3, 0.4) is 0 Å². The van der Waals surface area contributed by atoms with E-state index in [-0.39, 0.29) is 18.7 Å². The number of esters is 1. The molecule has 3 unspecified atom stereocenters. The van der Waals surface area contributed by atoms with Crippen molar-refractivity contribution in [2.24, 2.45) is 5.41 Å². The summed E-state index contributed by atoms with van der Waals surface area (Å²) in [5.41, 5.74) is -2.75. The summed E-state index contributed by atoms with van der Waals surface area (Å²) in [6, 6.07) is 12.4. The Bertz CT molecular complexity index is 924. The van der Waals surface area contributed by atoms with Crippen LogP contribution in [-0.2, 0) is 25.7 Å². The highest BCUT2D eigenvalue weighted by Crippen LogP contribution is 2.55. The second-order valence-corrected chi connectivity index (χ2v) is 7.69. The van der Waals surface area contributed by atoms with Crippen molar-refractivity contribution in [3.05, 3.63) is 60.1 Å². The molecule has 1 saturated carbocycles. The van der Waals surface area contributed by atoms with Crippen molar-refractivity contribution in [3.63, 3.8) is 0 Å². The maximum atomic E-state index is 13.8. The van der Waals surface area contributed by atoms with E-state index in [9.17, 15) is 19.5 Å². The summed E-state index contributed by atoms with van der Waals surface area (Å²) in [5.74, 6) is -1.85. The first-order valence-corrected chi connectivity index (χ1v) is 9.67. The Balaban J connectivity index is 1.86. The molecule has 2 fully saturated rings. The molecule has 2 aliphatic rings. The summed E-state index contributed by atoms with van der Waals surface area (Å²) in [4.78, 5) is 40.6. The Labute approximate surface area is 168 Å². The number of amides is 1. The van der Waals surface area contributed by atoms with Crippen LogP contribution in [0.1, 0.15) is 42.9 Å². The largest absolute Gasteiger partial charge is 0.467 e. The molecule has 2 aromatic rings. The van der Waals surface area contributed by atoms with Crippen LogP contribution >= 0.6 is 0 Å². The average molecular weight is 397 g/mol. The number of ketones is 1. The van der Waals surface area contributed by atoms with Crippen molar-refractivity contribution in [1.29, 1.82) is 0 Å². The third-order valence-corrected chi connectivity index (χ3v) is 6.24. The summed E-state index contributed by atoms with van der Waals surface area (Å²) < 4.78 is 10.2. The first-order chi connectivity index (χ1) is 13.9. The second-order valence-electron chi connectivity index (χ2n) is 7.69. The van der Waals surface area contributed by atoms with Crippen LogP contribution in [-0.4, -0.2) is 40.5 Å². The van der Waals surface area contributed by atoms with Crippen LogP contribution < -0.4 is 0 Å². The Morgan fingerprint density at radius 3 is 2.59 bits per heavy atom.